The normalized spacial score (nSPS) is 20.2. The molecule has 0 N–H and O–H groups in total. The van der Waals surface area contributed by atoms with Gasteiger partial charge < -0.3 is 14.2 Å². The molecular formula is C26H23FN2O7S2. The molecule has 0 bridgehead atoms. The van der Waals surface area contributed by atoms with Crippen molar-refractivity contribution in [3.05, 3.63) is 68.4 Å². The summed E-state index contributed by atoms with van der Waals surface area (Å²) < 4.78 is 30.7. The van der Waals surface area contributed by atoms with Gasteiger partial charge in [-0.15, -0.1) is 0 Å². The van der Waals surface area contributed by atoms with Crippen LogP contribution in [0, 0.1) is 11.7 Å². The number of ether oxygens (including phenoxy) is 3. The van der Waals surface area contributed by atoms with Gasteiger partial charge in [0.05, 0.1) is 37.5 Å². The molecule has 3 atom stereocenters. The molecule has 2 aromatic carbocycles. The fraction of sp³-hybridized carbons (Fsp3) is 0.308. The van der Waals surface area contributed by atoms with Crippen molar-refractivity contribution in [2.24, 2.45) is 5.92 Å². The Kier molecular flexibility index (Phi) is 7.01. The summed E-state index contributed by atoms with van der Waals surface area (Å²) in [5.41, 5.74) is 0.903. The van der Waals surface area contributed by atoms with E-state index in [2.05, 4.69) is 0 Å². The average molecular weight is 559 g/mol. The van der Waals surface area contributed by atoms with E-state index in [1.54, 1.807) is 25.1 Å². The fourth-order valence-electron chi connectivity index (χ4n) is 4.84. The zero-order chi connectivity index (χ0) is 27.1. The third-order valence-corrected chi connectivity index (χ3v) is 9.10. The Balaban J connectivity index is 1.67. The number of fused-ring (bicyclic) bond motifs is 2. The van der Waals surface area contributed by atoms with Crippen LogP contribution in [0.1, 0.15) is 23.3 Å². The van der Waals surface area contributed by atoms with E-state index in [1.165, 1.54) is 43.1 Å². The van der Waals surface area contributed by atoms with Crippen molar-refractivity contribution in [3.63, 3.8) is 0 Å². The van der Waals surface area contributed by atoms with Crippen molar-refractivity contribution >= 4 is 46.6 Å². The SMILES string of the molecule is CCOC(=O)Cn1c2c(sc1=O)C(c1ccc(OC)c(OC)c1)C1C(=O)N(c3ccc(F)cc3)C(=O)C1S2. The molecule has 1 aromatic heterocycles. The highest BCUT2D eigenvalue weighted by atomic mass is 32.2. The monoisotopic (exact) mass is 558 g/mol. The van der Waals surface area contributed by atoms with Gasteiger partial charge in [-0.2, -0.15) is 0 Å². The van der Waals surface area contributed by atoms with Crippen molar-refractivity contribution in [1.82, 2.24) is 4.57 Å². The Labute approximate surface area is 225 Å². The minimum Gasteiger partial charge on any atom is -0.493 e. The number of thioether (sulfide) groups is 1. The Bertz CT molecular complexity index is 1480. The number of esters is 1. The summed E-state index contributed by atoms with van der Waals surface area (Å²) in [5, 5.41) is -0.434. The number of nitrogens with zero attached hydrogens (tertiary/aromatic N) is 2. The van der Waals surface area contributed by atoms with Crippen LogP contribution in [0.3, 0.4) is 0 Å². The van der Waals surface area contributed by atoms with E-state index in [-0.39, 0.29) is 18.8 Å². The molecule has 0 radical (unpaired) electrons. The Morgan fingerprint density at radius 1 is 1.00 bits per heavy atom. The molecule has 9 nitrogen and oxygen atoms in total. The smallest absolute Gasteiger partial charge is 0.326 e. The molecule has 0 aliphatic carbocycles. The summed E-state index contributed by atoms with van der Waals surface area (Å²) in [7, 11) is 2.99. The topological polar surface area (TPSA) is 104 Å². The molecule has 2 amide bonds. The largest absolute Gasteiger partial charge is 0.493 e. The fourth-order valence-corrected chi connectivity index (χ4v) is 7.61. The van der Waals surface area contributed by atoms with E-state index in [4.69, 9.17) is 14.2 Å². The van der Waals surface area contributed by atoms with Crippen LogP contribution in [0.2, 0.25) is 0 Å². The number of benzene rings is 2. The zero-order valence-corrected chi connectivity index (χ0v) is 22.3. The van der Waals surface area contributed by atoms with Crippen LogP contribution in [-0.4, -0.2) is 48.4 Å². The highest BCUT2D eigenvalue weighted by Gasteiger charge is 2.57. The molecule has 0 saturated carbocycles. The van der Waals surface area contributed by atoms with E-state index in [9.17, 15) is 23.6 Å². The van der Waals surface area contributed by atoms with E-state index >= 15 is 0 Å². The van der Waals surface area contributed by atoms with Gasteiger partial charge in [-0.05, 0) is 48.9 Å². The van der Waals surface area contributed by atoms with E-state index < -0.39 is 45.6 Å². The Morgan fingerprint density at radius 2 is 1.71 bits per heavy atom. The number of carbonyl (C=O) groups is 3. The summed E-state index contributed by atoms with van der Waals surface area (Å²) in [6.07, 6.45) is 0. The maximum Gasteiger partial charge on any atom is 0.326 e. The number of thiazole rings is 1. The molecule has 198 valence electrons. The van der Waals surface area contributed by atoms with Crippen LogP contribution in [0.25, 0.3) is 0 Å². The molecule has 3 heterocycles. The Hall–Kier alpha value is -3.64. The van der Waals surface area contributed by atoms with Gasteiger partial charge in [-0.1, -0.05) is 29.2 Å². The number of carbonyl (C=O) groups excluding carboxylic acids is 3. The third-order valence-electron chi connectivity index (χ3n) is 6.49. The number of rotatable bonds is 7. The molecule has 2 aliphatic rings. The van der Waals surface area contributed by atoms with Crippen molar-refractivity contribution in [1.29, 1.82) is 0 Å². The lowest BCUT2D eigenvalue weighted by Gasteiger charge is -2.31. The number of imide groups is 1. The van der Waals surface area contributed by atoms with Crippen molar-refractivity contribution in [3.8, 4) is 11.5 Å². The minimum absolute atomic E-state index is 0.158. The maximum absolute atomic E-state index is 13.8. The van der Waals surface area contributed by atoms with Gasteiger partial charge in [0, 0.05) is 10.8 Å². The number of hydrogen-bond donors (Lipinski definition) is 0. The summed E-state index contributed by atoms with van der Waals surface area (Å²) in [5.74, 6) is -2.64. The summed E-state index contributed by atoms with van der Waals surface area (Å²) in [6, 6.07) is 10.3. The molecule has 1 fully saturated rings. The molecule has 5 rings (SSSR count). The molecule has 3 aromatic rings. The number of amides is 2. The van der Waals surface area contributed by atoms with Crippen molar-refractivity contribution in [2.45, 2.75) is 29.7 Å². The lowest BCUT2D eigenvalue weighted by Crippen LogP contribution is -2.32. The maximum atomic E-state index is 13.8. The van der Waals surface area contributed by atoms with Gasteiger partial charge in [0.15, 0.2) is 11.5 Å². The number of methoxy groups -OCH3 is 2. The predicted molar refractivity (Wildman–Crippen MR) is 139 cm³/mol. The van der Waals surface area contributed by atoms with Gasteiger partial charge >= 0.3 is 10.8 Å². The molecule has 12 heteroatoms. The van der Waals surface area contributed by atoms with E-state index in [1.807, 2.05) is 0 Å². The van der Waals surface area contributed by atoms with Gasteiger partial charge in [0.1, 0.15) is 17.6 Å². The van der Waals surface area contributed by atoms with Gasteiger partial charge in [0.25, 0.3) is 0 Å². The van der Waals surface area contributed by atoms with Crippen LogP contribution in [0.5, 0.6) is 11.5 Å². The summed E-state index contributed by atoms with van der Waals surface area (Å²) >= 11 is 2.02. The zero-order valence-electron chi connectivity index (χ0n) is 20.6. The van der Waals surface area contributed by atoms with Crippen LogP contribution < -0.4 is 19.2 Å². The highest BCUT2D eigenvalue weighted by Crippen LogP contribution is 2.54. The summed E-state index contributed by atoms with van der Waals surface area (Å²) in [4.78, 5) is 54.1. The van der Waals surface area contributed by atoms with Gasteiger partial charge in [0.2, 0.25) is 11.8 Å². The van der Waals surface area contributed by atoms with Crippen LogP contribution >= 0.6 is 23.1 Å². The minimum atomic E-state index is -0.874. The standard InChI is InChI=1S/C26H23FN2O7S2/c1-4-36-18(30)12-28-25-22(38-26(28)33)19(13-5-10-16(34-2)17(11-13)35-3)20-21(37-25)24(32)29(23(20)31)15-8-6-14(27)7-9-15/h5-11,19-21H,4,12H2,1-3H3. The first-order chi connectivity index (χ1) is 18.3. The first-order valence-electron chi connectivity index (χ1n) is 11.7. The molecule has 1 saturated heterocycles. The molecule has 38 heavy (non-hydrogen) atoms. The van der Waals surface area contributed by atoms with Crippen molar-refractivity contribution in [2.75, 3.05) is 25.7 Å². The van der Waals surface area contributed by atoms with Crippen LogP contribution in [-0.2, 0) is 25.7 Å². The predicted octanol–water partition coefficient (Wildman–Crippen LogP) is 3.43. The van der Waals surface area contributed by atoms with Crippen molar-refractivity contribution < 1.29 is 33.0 Å². The average Bonchev–Trinajstić information content (AvgIpc) is 3.35. The number of aromatic nitrogens is 1. The summed E-state index contributed by atoms with van der Waals surface area (Å²) in [6.45, 7) is 1.51. The van der Waals surface area contributed by atoms with Crippen LogP contribution in [0.15, 0.2) is 52.3 Å². The number of halogens is 1. The molecular weight excluding hydrogens is 535 g/mol. The molecule has 3 unspecified atom stereocenters. The second kappa shape index (κ2) is 10.3. The molecule has 2 aliphatic heterocycles. The second-order valence-electron chi connectivity index (χ2n) is 8.57. The Morgan fingerprint density at radius 3 is 2.37 bits per heavy atom. The quantitative estimate of drug-likeness (QED) is 0.321. The highest BCUT2D eigenvalue weighted by molar-refractivity contribution is 8.00. The van der Waals surface area contributed by atoms with Gasteiger partial charge in [-0.3, -0.25) is 23.7 Å². The molecule has 0 spiro atoms. The first kappa shape index (κ1) is 26.0. The lowest BCUT2D eigenvalue weighted by molar-refractivity contribution is -0.144. The van der Waals surface area contributed by atoms with Crippen LogP contribution in [0.4, 0.5) is 10.1 Å². The van der Waals surface area contributed by atoms with E-state index in [0.29, 0.717) is 27.0 Å². The van der Waals surface area contributed by atoms with E-state index in [0.717, 1.165) is 28.0 Å². The third kappa shape index (κ3) is 4.27. The second-order valence-corrected chi connectivity index (χ2v) is 10.7. The van der Waals surface area contributed by atoms with Gasteiger partial charge in [-0.25, -0.2) is 9.29 Å². The number of anilines is 1. The lowest BCUT2D eigenvalue weighted by atomic mass is 9.83. The number of hydrogen-bond acceptors (Lipinski definition) is 9. The first-order valence-corrected chi connectivity index (χ1v) is 13.4.